The topological polar surface area (TPSA) is 144 Å². The summed E-state index contributed by atoms with van der Waals surface area (Å²) in [6, 6.07) is 13.1. The van der Waals surface area contributed by atoms with Gasteiger partial charge in [0, 0.05) is 24.7 Å². The number of nitrogens with zero attached hydrogens (tertiary/aromatic N) is 1. The fourth-order valence-electron chi connectivity index (χ4n) is 3.52. The van der Waals surface area contributed by atoms with Gasteiger partial charge in [-0.3, -0.25) is 19.3 Å². The summed E-state index contributed by atoms with van der Waals surface area (Å²) in [4.78, 5) is 40.9. The fraction of sp³-hybridized carbons (Fsp3) is 0.250. The van der Waals surface area contributed by atoms with Crippen LogP contribution in [0, 0.1) is 0 Å². The summed E-state index contributed by atoms with van der Waals surface area (Å²) < 4.78 is 38.3. The minimum absolute atomic E-state index is 0.0443. The van der Waals surface area contributed by atoms with Crippen molar-refractivity contribution in [3.63, 3.8) is 0 Å². The number of amides is 1. The number of fused-ring (bicyclic) bond motifs is 1. The summed E-state index contributed by atoms with van der Waals surface area (Å²) in [5.74, 6) is -1.59. The number of nitrogens with one attached hydrogen (secondary N) is 2. The zero-order valence-electron chi connectivity index (χ0n) is 18.7. The summed E-state index contributed by atoms with van der Waals surface area (Å²) in [6.45, 7) is -0.0866. The van der Waals surface area contributed by atoms with Crippen molar-refractivity contribution in [3.8, 4) is 0 Å². The van der Waals surface area contributed by atoms with E-state index in [1.54, 1.807) is 24.3 Å². The number of para-hydroxylation sites is 1. The van der Waals surface area contributed by atoms with Crippen LogP contribution in [0.25, 0.3) is 11.0 Å². The van der Waals surface area contributed by atoms with Crippen molar-refractivity contribution in [1.29, 1.82) is 0 Å². The molecule has 0 atom stereocenters. The molecule has 0 radical (unpaired) electrons. The lowest BCUT2D eigenvalue weighted by Gasteiger charge is -2.11. The molecule has 0 spiro atoms. The van der Waals surface area contributed by atoms with Crippen molar-refractivity contribution < 1.29 is 27.2 Å². The molecule has 0 fully saturated rings. The van der Waals surface area contributed by atoms with Gasteiger partial charge in [0.1, 0.15) is 11.4 Å². The molecule has 2 heterocycles. The van der Waals surface area contributed by atoms with Gasteiger partial charge >= 0.3 is 5.97 Å². The number of hydrogen-bond donors (Lipinski definition) is 2. The summed E-state index contributed by atoms with van der Waals surface area (Å²) >= 11 is 0. The Morgan fingerprint density at radius 1 is 1.03 bits per heavy atom. The van der Waals surface area contributed by atoms with E-state index in [-0.39, 0.29) is 21.9 Å². The third-order valence-electron chi connectivity index (χ3n) is 5.22. The lowest BCUT2D eigenvalue weighted by atomic mass is 10.2. The Morgan fingerprint density at radius 3 is 2.71 bits per heavy atom. The lowest BCUT2D eigenvalue weighted by molar-refractivity contribution is -0.119. The largest absolute Gasteiger partial charge is 0.450 e. The van der Waals surface area contributed by atoms with Crippen LogP contribution in [0.4, 0.5) is 5.69 Å². The van der Waals surface area contributed by atoms with Gasteiger partial charge in [-0.05, 0) is 43.2 Å². The lowest BCUT2D eigenvalue weighted by Crippen LogP contribution is -2.30. The van der Waals surface area contributed by atoms with Crippen LogP contribution in [0.3, 0.4) is 0 Å². The number of carbonyl (C=O) groups is 2. The SMILES string of the molecule is O=C(COC(=O)c1cc(=O)c2ccccc2o1)Nc1cccc(S(=O)(=O)NC2=NCCCCC2)c1. The van der Waals surface area contributed by atoms with Crippen LogP contribution in [0.2, 0.25) is 0 Å². The Labute approximate surface area is 201 Å². The average molecular weight is 498 g/mol. The number of benzene rings is 2. The first kappa shape index (κ1) is 24.1. The van der Waals surface area contributed by atoms with Crippen LogP contribution in [0.5, 0.6) is 0 Å². The summed E-state index contributed by atoms with van der Waals surface area (Å²) in [5.41, 5.74) is 0.0107. The second-order valence-electron chi connectivity index (χ2n) is 7.87. The van der Waals surface area contributed by atoms with Crippen LogP contribution in [0.1, 0.15) is 36.2 Å². The minimum atomic E-state index is -3.88. The average Bonchev–Trinajstić information content (AvgIpc) is 3.11. The molecular formula is C24H23N3O7S. The van der Waals surface area contributed by atoms with E-state index in [0.717, 1.165) is 25.3 Å². The van der Waals surface area contributed by atoms with Crippen LogP contribution in [0.15, 0.2) is 73.7 Å². The number of ether oxygens (including phenoxy) is 1. The van der Waals surface area contributed by atoms with Crippen molar-refractivity contribution in [2.45, 2.75) is 30.6 Å². The fourth-order valence-corrected chi connectivity index (χ4v) is 4.65. The number of esters is 1. The van der Waals surface area contributed by atoms with Gasteiger partial charge in [0.05, 0.1) is 10.3 Å². The standard InChI is InChI=1S/C24H23N3O7S/c28-19-14-21(34-20-10-4-3-9-18(19)20)24(30)33-15-23(29)26-16-7-6-8-17(13-16)35(31,32)27-22-11-2-1-5-12-25-22/h3-4,6-10,13-14H,1-2,5,11-12,15H2,(H,25,27)(H,26,29). The molecule has 2 aromatic carbocycles. The van der Waals surface area contributed by atoms with Crippen LogP contribution in [-0.4, -0.2) is 39.3 Å². The van der Waals surface area contributed by atoms with Crippen molar-refractivity contribution in [1.82, 2.24) is 4.72 Å². The minimum Gasteiger partial charge on any atom is -0.450 e. The van der Waals surface area contributed by atoms with E-state index in [1.807, 2.05) is 0 Å². The van der Waals surface area contributed by atoms with Crippen molar-refractivity contribution in [2.75, 3.05) is 18.5 Å². The van der Waals surface area contributed by atoms with Crippen molar-refractivity contribution >= 4 is 44.4 Å². The second-order valence-corrected chi connectivity index (χ2v) is 9.55. The third kappa shape index (κ3) is 6.12. The van der Waals surface area contributed by atoms with Gasteiger partial charge in [0.2, 0.25) is 5.76 Å². The molecule has 2 N–H and O–H groups in total. The van der Waals surface area contributed by atoms with Gasteiger partial charge in [-0.2, -0.15) is 0 Å². The van der Waals surface area contributed by atoms with E-state index < -0.39 is 33.9 Å². The third-order valence-corrected chi connectivity index (χ3v) is 6.60. The smallest absolute Gasteiger partial charge is 0.374 e. The zero-order chi connectivity index (χ0) is 24.8. The Morgan fingerprint density at radius 2 is 1.86 bits per heavy atom. The molecule has 1 amide bonds. The monoisotopic (exact) mass is 497 g/mol. The first-order chi connectivity index (χ1) is 16.8. The van der Waals surface area contributed by atoms with Gasteiger partial charge in [0.15, 0.2) is 12.0 Å². The number of rotatable bonds is 6. The number of amidine groups is 1. The number of hydrogen-bond acceptors (Lipinski definition) is 8. The second kappa shape index (κ2) is 10.5. The van der Waals surface area contributed by atoms with Gasteiger partial charge < -0.3 is 14.5 Å². The molecule has 182 valence electrons. The number of sulfonamides is 1. The number of aliphatic imine (C=N–C) groups is 1. The van der Waals surface area contributed by atoms with E-state index in [4.69, 9.17) is 9.15 Å². The molecule has 10 nitrogen and oxygen atoms in total. The van der Waals surface area contributed by atoms with E-state index in [1.165, 1.54) is 24.3 Å². The van der Waals surface area contributed by atoms with Gasteiger partial charge in [0.25, 0.3) is 15.9 Å². The molecule has 4 rings (SSSR count). The summed E-state index contributed by atoms with van der Waals surface area (Å²) in [7, 11) is -3.88. The van der Waals surface area contributed by atoms with Gasteiger partial charge in [-0.1, -0.05) is 24.6 Å². The van der Waals surface area contributed by atoms with E-state index >= 15 is 0 Å². The molecule has 0 saturated carbocycles. The normalized spacial score (nSPS) is 14.0. The Balaban J connectivity index is 1.38. The molecule has 0 saturated heterocycles. The van der Waals surface area contributed by atoms with E-state index in [0.29, 0.717) is 24.2 Å². The predicted molar refractivity (Wildman–Crippen MR) is 129 cm³/mol. The maximum Gasteiger partial charge on any atom is 0.374 e. The Hall–Kier alpha value is -3.99. The number of carbonyl (C=O) groups excluding carboxylic acids is 2. The van der Waals surface area contributed by atoms with Crippen LogP contribution >= 0.6 is 0 Å². The van der Waals surface area contributed by atoms with Crippen LogP contribution in [-0.2, 0) is 19.6 Å². The summed E-state index contributed by atoms with van der Waals surface area (Å²) in [5, 5.41) is 2.80. The molecule has 3 aromatic rings. The molecule has 11 heteroatoms. The molecular weight excluding hydrogens is 474 g/mol. The Bertz CT molecular complexity index is 1460. The molecule has 1 aromatic heterocycles. The highest BCUT2D eigenvalue weighted by Crippen LogP contribution is 2.17. The highest BCUT2D eigenvalue weighted by Gasteiger charge is 2.19. The maximum atomic E-state index is 12.7. The number of anilines is 1. The molecule has 1 aliphatic rings. The predicted octanol–water partition coefficient (Wildman–Crippen LogP) is 2.84. The molecule has 1 aliphatic heterocycles. The van der Waals surface area contributed by atoms with Gasteiger partial charge in [-0.25, -0.2) is 13.2 Å². The van der Waals surface area contributed by atoms with Crippen molar-refractivity contribution in [2.24, 2.45) is 4.99 Å². The molecule has 0 unspecified atom stereocenters. The first-order valence-corrected chi connectivity index (χ1v) is 12.5. The van der Waals surface area contributed by atoms with E-state index in [9.17, 15) is 22.8 Å². The molecule has 0 aliphatic carbocycles. The van der Waals surface area contributed by atoms with Gasteiger partial charge in [-0.15, -0.1) is 0 Å². The zero-order valence-corrected chi connectivity index (χ0v) is 19.5. The molecule has 0 bridgehead atoms. The maximum absolute atomic E-state index is 12.7. The van der Waals surface area contributed by atoms with Crippen molar-refractivity contribution in [3.05, 3.63) is 70.6 Å². The highest BCUT2D eigenvalue weighted by atomic mass is 32.2. The van der Waals surface area contributed by atoms with Crippen LogP contribution < -0.4 is 15.5 Å². The van der Waals surface area contributed by atoms with E-state index in [2.05, 4.69) is 15.0 Å². The Kier molecular flexibility index (Phi) is 7.25. The summed E-state index contributed by atoms with van der Waals surface area (Å²) in [6.07, 6.45) is 3.33. The first-order valence-electron chi connectivity index (χ1n) is 11.0. The quantitative estimate of drug-likeness (QED) is 0.498. The molecule has 35 heavy (non-hydrogen) atoms. The highest BCUT2D eigenvalue weighted by molar-refractivity contribution is 7.90.